The summed E-state index contributed by atoms with van der Waals surface area (Å²) >= 11 is 0. The van der Waals surface area contributed by atoms with Crippen molar-refractivity contribution in [1.82, 2.24) is 14.5 Å². The third-order valence-electron chi connectivity index (χ3n) is 2.57. The molecule has 0 aromatic carbocycles. The Bertz CT molecular complexity index is 524. The van der Waals surface area contributed by atoms with E-state index in [0.717, 1.165) is 29.0 Å². The quantitative estimate of drug-likeness (QED) is 0.676. The van der Waals surface area contributed by atoms with Gasteiger partial charge in [-0.25, -0.2) is 9.97 Å². The van der Waals surface area contributed by atoms with Crippen molar-refractivity contribution >= 4 is 22.9 Å². The molecule has 2 aromatic rings. The molecule has 2 aromatic heterocycles. The fourth-order valence-corrected chi connectivity index (χ4v) is 1.89. The molecule has 0 saturated carbocycles. The van der Waals surface area contributed by atoms with Gasteiger partial charge in [0.1, 0.15) is 17.7 Å². The minimum atomic E-state index is 0.880. The van der Waals surface area contributed by atoms with Gasteiger partial charge in [-0.1, -0.05) is 12.2 Å². The van der Waals surface area contributed by atoms with Crippen LogP contribution < -0.4 is 5.32 Å². The number of hydrogen-bond donors (Lipinski definition) is 1. The van der Waals surface area contributed by atoms with Crippen LogP contribution >= 0.6 is 0 Å². The molecule has 0 spiro atoms. The van der Waals surface area contributed by atoms with E-state index in [4.69, 9.17) is 0 Å². The van der Waals surface area contributed by atoms with Gasteiger partial charge in [-0.15, -0.1) is 0 Å². The summed E-state index contributed by atoms with van der Waals surface area (Å²) < 4.78 is 2.09. The molecule has 14 heavy (non-hydrogen) atoms. The van der Waals surface area contributed by atoms with Gasteiger partial charge in [0, 0.05) is 19.2 Å². The van der Waals surface area contributed by atoms with Crippen molar-refractivity contribution in [3.05, 3.63) is 24.2 Å². The molecule has 1 N–H and O–H groups in total. The van der Waals surface area contributed by atoms with E-state index in [2.05, 4.69) is 32.0 Å². The highest BCUT2D eigenvalue weighted by molar-refractivity contribution is 5.93. The van der Waals surface area contributed by atoms with Crippen LogP contribution in [0.25, 0.3) is 17.1 Å². The molecule has 0 bridgehead atoms. The van der Waals surface area contributed by atoms with Crippen molar-refractivity contribution in [2.24, 2.45) is 7.05 Å². The summed E-state index contributed by atoms with van der Waals surface area (Å²) in [7, 11) is 2.02. The molecule has 1 aliphatic heterocycles. The molecular formula is C10H10N4. The summed E-state index contributed by atoms with van der Waals surface area (Å²) in [6.07, 6.45) is 7.65. The molecule has 0 amide bonds. The number of aromatic nitrogens is 3. The summed E-state index contributed by atoms with van der Waals surface area (Å²) in [5.41, 5.74) is 3.24. The Morgan fingerprint density at radius 3 is 3.36 bits per heavy atom. The molecule has 0 aliphatic carbocycles. The largest absolute Gasteiger partial charge is 0.367 e. The van der Waals surface area contributed by atoms with Gasteiger partial charge in [0.25, 0.3) is 0 Å². The molecule has 1 aliphatic rings. The van der Waals surface area contributed by atoms with Crippen LogP contribution in [0.4, 0.5) is 5.82 Å². The first-order valence-electron chi connectivity index (χ1n) is 4.57. The zero-order valence-corrected chi connectivity index (χ0v) is 7.86. The molecule has 0 atom stereocenters. The van der Waals surface area contributed by atoms with E-state index < -0.39 is 0 Å². The Morgan fingerprint density at radius 2 is 2.43 bits per heavy atom. The number of nitrogens with zero attached hydrogens (tertiary/aromatic N) is 3. The van der Waals surface area contributed by atoms with Crippen LogP contribution in [0.1, 0.15) is 5.56 Å². The highest BCUT2D eigenvalue weighted by Crippen LogP contribution is 2.29. The SMILES string of the molecule is Cn1c2c(c3ncncc31)C=CCN2. The van der Waals surface area contributed by atoms with E-state index in [-0.39, 0.29) is 0 Å². The fourth-order valence-electron chi connectivity index (χ4n) is 1.89. The first kappa shape index (κ1) is 7.55. The zero-order chi connectivity index (χ0) is 9.54. The average molecular weight is 186 g/mol. The minimum Gasteiger partial charge on any atom is -0.367 e. The lowest BCUT2D eigenvalue weighted by Crippen LogP contribution is -2.07. The van der Waals surface area contributed by atoms with Gasteiger partial charge >= 0.3 is 0 Å². The highest BCUT2D eigenvalue weighted by Gasteiger charge is 2.15. The number of fused-ring (bicyclic) bond motifs is 3. The number of hydrogen-bond acceptors (Lipinski definition) is 3. The van der Waals surface area contributed by atoms with Gasteiger partial charge in [0.15, 0.2) is 0 Å². The third kappa shape index (κ3) is 0.824. The highest BCUT2D eigenvalue weighted by atomic mass is 15.1. The molecule has 70 valence electrons. The van der Waals surface area contributed by atoms with Crippen LogP contribution in [0.2, 0.25) is 0 Å². The lowest BCUT2D eigenvalue weighted by Gasteiger charge is -2.10. The van der Waals surface area contributed by atoms with Crippen LogP contribution in [0, 0.1) is 0 Å². The predicted molar refractivity (Wildman–Crippen MR) is 56.0 cm³/mol. The summed E-state index contributed by atoms with van der Waals surface area (Å²) in [6, 6.07) is 0. The molecule has 0 unspecified atom stereocenters. The van der Waals surface area contributed by atoms with Crippen molar-refractivity contribution in [2.75, 3.05) is 11.9 Å². The second kappa shape index (κ2) is 2.57. The molecule has 4 nitrogen and oxygen atoms in total. The van der Waals surface area contributed by atoms with Crippen LogP contribution in [-0.4, -0.2) is 21.1 Å². The monoisotopic (exact) mass is 186 g/mol. The van der Waals surface area contributed by atoms with Crippen LogP contribution in [0.15, 0.2) is 18.6 Å². The number of aryl methyl sites for hydroxylation is 1. The molecule has 3 rings (SSSR count). The van der Waals surface area contributed by atoms with Crippen molar-refractivity contribution in [3.63, 3.8) is 0 Å². The van der Waals surface area contributed by atoms with Crippen LogP contribution in [-0.2, 0) is 7.05 Å². The second-order valence-electron chi connectivity index (χ2n) is 3.36. The maximum atomic E-state index is 4.29. The molecule has 4 heteroatoms. The summed E-state index contributed by atoms with van der Waals surface area (Å²) in [4.78, 5) is 8.33. The van der Waals surface area contributed by atoms with Crippen molar-refractivity contribution in [3.8, 4) is 0 Å². The summed E-state index contributed by atoms with van der Waals surface area (Å²) in [5.74, 6) is 1.13. The number of nitrogens with one attached hydrogen (secondary N) is 1. The predicted octanol–water partition coefficient (Wildman–Crippen LogP) is 1.41. The third-order valence-corrected chi connectivity index (χ3v) is 2.57. The molecule has 0 radical (unpaired) electrons. The van der Waals surface area contributed by atoms with Crippen molar-refractivity contribution in [2.45, 2.75) is 0 Å². The smallest absolute Gasteiger partial charge is 0.116 e. The summed E-state index contributed by atoms with van der Waals surface area (Å²) in [5, 5.41) is 3.33. The lowest BCUT2D eigenvalue weighted by atomic mass is 10.2. The van der Waals surface area contributed by atoms with Gasteiger partial charge in [-0.05, 0) is 0 Å². The van der Waals surface area contributed by atoms with Crippen LogP contribution in [0.5, 0.6) is 0 Å². The van der Waals surface area contributed by atoms with Gasteiger partial charge in [0.2, 0.25) is 0 Å². The van der Waals surface area contributed by atoms with E-state index in [1.807, 2.05) is 13.2 Å². The maximum Gasteiger partial charge on any atom is 0.116 e. The standard InChI is InChI=1S/C10H10N4/c1-14-8-5-11-6-13-9(8)7-3-2-4-12-10(7)14/h2-3,5-6,12H,4H2,1H3. The van der Waals surface area contributed by atoms with Gasteiger partial charge in [0.05, 0.1) is 11.7 Å². The lowest BCUT2D eigenvalue weighted by molar-refractivity contribution is 0.956. The molecule has 0 fully saturated rings. The first-order valence-corrected chi connectivity index (χ1v) is 4.57. The Hall–Kier alpha value is -1.84. The maximum absolute atomic E-state index is 4.29. The van der Waals surface area contributed by atoms with Crippen molar-refractivity contribution < 1.29 is 0 Å². The fraction of sp³-hybridized carbons (Fsp3) is 0.200. The molecule has 0 saturated heterocycles. The van der Waals surface area contributed by atoms with Gasteiger partial charge in [-0.2, -0.15) is 0 Å². The molecular weight excluding hydrogens is 176 g/mol. The number of anilines is 1. The van der Waals surface area contributed by atoms with Gasteiger partial charge in [-0.3, -0.25) is 0 Å². The Balaban J connectivity index is 2.48. The summed E-state index contributed by atoms with van der Waals surface area (Å²) in [6.45, 7) is 0.880. The first-order chi connectivity index (χ1) is 6.88. The molecule has 3 heterocycles. The Morgan fingerprint density at radius 1 is 1.50 bits per heavy atom. The van der Waals surface area contributed by atoms with E-state index in [1.54, 1.807) is 6.33 Å². The van der Waals surface area contributed by atoms with E-state index in [1.165, 1.54) is 0 Å². The average Bonchev–Trinajstić information content (AvgIpc) is 2.55. The van der Waals surface area contributed by atoms with Crippen molar-refractivity contribution in [1.29, 1.82) is 0 Å². The normalized spacial score (nSPS) is 14.1. The Labute approximate surface area is 81.3 Å². The van der Waals surface area contributed by atoms with E-state index in [9.17, 15) is 0 Å². The van der Waals surface area contributed by atoms with Gasteiger partial charge < -0.3 is 9.88 Å². The Kier molecular flexibility index (Phi) is 1.39. The van der Waals surface area contributed by atoms with E-state index >= 15 is 0 Å². The zero-order valence-electron chi connectivity index (χ0n) is 7.86. The second-order valence-corrected chi connectivity index (χ2v) is 3.36. The topological polar surface area (TPSA) is 42.7 Å². The van der Waals surface area contributed by atoms with E-state index in [0.29, 0.717) is 0 Å². The number of rotatable bonds is 0. The van der Waals surface area contributed by atoms with Crippen LogP contribution in [0.3, 0.4) is 0 Å². The minimum absolute atomic E-state index is 0.880.